The van der Waals surface area contributed by atoms with Crippen LogP contribution in [0.1, 0.15) is 28.8 Å². The van der Waals surface area contributed by atoms with Gasteiger partial charge in [-0.05, 0) is 76.2 Å². The van der Waals surface area contributed by atoms with Crippen LogP contribution < -0.4 is 10.2 Å². The Labute approximate surface area is 156 Å². The summed E-state index contributed by atoms with van der Waals surface area (Å²) in [5, 5.41) is 2.97. The zero-order chi connectivity index (χ0) is 18.5. The molecule has 3 rings (SSSR count). The molecule has 0 unspecified atom stereocenters. The molecule has 138 valence electrons. The van der Waals surface area contributed by atoms with Crippen molar-refractivity contribution in [3.63, 3.8) is 0 Å². The Balaban J connectivity index is 1.55. The number of rotatable bonds is 5. The number of amides is 1. The number of nitrogens with zero attached hydrogens (tertiary/aromatic N) is 2. The van der Waals surface area contributed by atoms with Crippen molar-refractivity contribution in [1.29, 1.82) is 0 Å². The summed E-state index contributed by atoms with van der Waals surface area (Å²) >= 11 is 0. The van der Waals surface area contributed by atoms with Crippen molar-refractivity contribution >= 4 is 17.3 Å². The fourth-order valence-corrected chi connectivity index (χ4v) is 3.55. The van der Waals surface area contributed by atoms with Crippen LogP contribution in [0.4, 0.5) is 11.4 Å². The fraction of sp³-hybridized carbons (Fsp3) is 0.409. The van der Waals surface area contributed by atoms with Crippen molar-refractivity contribution in [2.24, 2.45) is 5.92 Å². The van der Waals surface area contributed by atoms with E-state index in [1.807, 2.05) is 43.3 Å². The Bertz CT molecular complexity index is 714. The first kappa shape index (κ1) is 18.5. The van der Waals surface area contributed by atoms with Gasteiger partial charge in [0.2, 0.25) is 0 Å². The first-order valence-corrected chi connectivity index (χ1v) is 9.39. The molecule has 1 aliphatic heterocycles. The van der Waals surface area contributed by atoms with E-state index in [9.17, 15) is 4.79 Å². The Morgan fingerprint density at radius 2 is 1.65 bits per heavy atom. The van der Waals surface area contributed by atoms with Gasteiger partial charge in [-0.15, -0.1) is 0 Å². The predicted octanol–water partition coefficient (Wildman–Crippen LogP) is 4.03. The van der Waals surface area contributed by atoms with E-state index in [2.05, 4.69) is 41.3 Å². The zero-order valence-corrected chi connectivity index (χ0v) is 16.0. The highest BCUT2D eigenvalue weighted by Gasteiger charge is 2.19. The first-order chi connectivity index (χ1) is 12.5. The smallest absolute Gasteiger partial charge is 0.255 e. The number of carbonyl (C=O) groups excluding carboxylic acids is 1. The van der Waals surface area contributed by atoms with Gasteiger partial charge in [-0.2, -0.15) is 0 Å². The molecule has 26 heavy (non-hydrogen) atoms. The largest absolute Gasteiger partial charge is 0.372 e. The number of piperidine rings is 1. The lowest BCUT2D eigenvalue weighted by molar-refractivity contribution is 0.102. The molecule has 4 nitrogen and oxygen atoms in total. The van der Waals surface area contributed by atoms with Crippen LogP contribution in [0.2, 0.25) is 0 Å². The number of benzene rings is 2. The van der Waals surface area contributed by atoms with Gasteiger partial charge in [0.1, 0.15) is 0 Å². The van der Waals surface area contributed by atoms with Crippen LogP contribution in [0.5, 0.6) is 0 Å². The summed E-state index contributed by atoms with van der Waals surface area (Å²) in [5.74, 6) is 0.733. The second kappa shape index (κ2) is 8.37. The van der Waals surface area contributed by atoms with E-state index in [1.54, 1.807) is 0 Å². The minimum Gasteiger partial charge on any atom is -0.372 e. The van der Waals surface area contributed by atoms with Gasteiger partial charge in [0, 0.05) is 36.6 Å². The third-order valence-corrected chi connectivity index (χ3v) is 5.04. The average molecular weight is 351 g/mol. The van der Waals surface area contributed by atoms with Gasteiger partial charge >= 0.3 is 0 Å². The molecule has 1 heterocycles. The third kappa shape index (κ3) is 4.85. The SMILES string of the molecule is Cc1ccc(C(=O)Nc2ccc(N3CCC(CN(C)C)CC3)cc2)cc1. The quantitative estimate of drug-likeness (QED) is 0.883. The summed E-state index contributed by atoms with van der Waals surface area (Å²) in [4.78, 5) is 17.0. The number of anilines is 2. The monoisotopic (exact) mass is 351 g/mol. The molecule has 0 aliphatic carbocycles. The van der Waals surface area contributed by atoms with E-state index >= 15 is 0 Å². The molecule has 1 aliphatic rings. The van der Waals surface area contributed by atoms with Crippen LogP contribution in [-0.4, -0.2) is 44.5 Å². The Morgan fingerprint density at radius 3 is 2.23 bits per heavy atom. The number of nitrogens with one attached hydrogen (secondary N) is 1. The third-order valence-electron chi connectivity index (χ3n) is 5.04. The van der Waals surface area contributed by atoms with Gasteiger partial charge in [-0.3, -0.25) is 4.79 Å². The molecular formula is C22H29N3O. The summed E-state index contributed by atoms with van der Waals surface area (Å²) < 4.78 is 0. The molecule has 0 spiro atoms. The maximum absolute atomic E-state index is 12.3. The van der Waals surface area contributed by atoms with Crippen molar-refractivity contribution in [3.05, 3.63) is 59.7 Å². The molecule has 0 saturated carbocycles. The fourth-order valence-electron chi connectivity index (χ4n) is 3.55. The molecule has 2 aromatic carbocycles. The predicted molar refractivity (Wildman–Crippen MR) is 109 cm³/mol. The highest BCUT2D eigenvalue weighted by molar-refractivity contribution is 6.04. The van der Waals surface area contributed by atoms with E-state index in [0.29, 0.717) is 5.56 Å². The van der Waals surface area contributed by atoms with Crippen LogP contribution in [0.15, 0.2) is 48.5 Å². The molecule has 2 aromatic rings. The number of aryl methyl sites for hydroxylation is 1. The van der Waals surface area contributed by atoms with E-state index in [-0.39, 0.29) is 5.91 Å². The summed E-state index contributed by atoms with van der Waals surface area (Å²) in [6.45, 7) is 5.41. The molecule has 1 fully saturated rings. The van der Waals surface area contributed by atoms with Crippen LogP contribution in [-0.2, 0) is 0 Å². The van der Waals surface area contributed by atoms with Crippen LogP contribution in [0.3, 0.4) is 0 Å². The Hall–Kier alpha value is -2.33. The molecule has 1 amide bonds. The van der Waals surface area contributed by atoms with E-state index in [4.69, 9.17) is 0 Å². The maximum Gasteiger partial charge on any atom is 0.255 e. The summed E-state index contributed by atoms with van der Waals surface area (Å²) in [6, 6.07) is 15.8. The average Bonchev–Trinajstić information content (AvgIpc) is 2.63. The second-order valence-electron chi connectivity index (χ2n) is 7.56. The highest BCUT2D eigenvalue weighted by atomic mass is 16.1. The van der Waals surface area contributed by atoms with Gasteiger partial charge in [-0.1, -0.05) is 17.7 Å². The number of hydrogen-bond donors (Lipinski definition) is 1. The molecule has 0 bridgehead atoms. The van der Waals surface area contributed by atoms with Gasteiger partial charge in [0.05, 0.1) is 0 Å². The van der Waals surface area contributed by atoms with Gasteiger partial charge in [0.15, 0.2) is 0 Å². The summed E-state index contributed by atoms with van der Waals surface area (Å²) in [5.41, 5.74) is 3.91. The lowest BCUT2D eigenvalue weighted by Gasteiger charge is -2.34. The molecule has 1 saturated heterocycles. The van der Waals surface area contributed by atoms with Crippen molar-refractivity contribution < 1.29 is 4.79 Å². The summed E-state index contributed by atoms with van der Waals surface area (Å²) in [7, 11) is 4.30. The van der Waals surface area contributed by atoms with Gasteiger partial charge in [0.25, 0.3) is 5.91 Å². The van der Waals surface area contributed by atoms with Gasteiger partial charge in [-0.25, -0.2) is 0 Å². The second-order valence-corrected chi connectivity index (χ2v) is 7.56. The lowest BCUT2D eigenvalue weighted by atomic mass is 9.96. The van der Waals surface area contributed by atoms with Crippen LogP contribution in [0, 0.1) is 12.8 Å². The van der Waals surface area contributed by atoms with E-state index < -0.39 is 0 Å². The molecule has 0 aromatic heterocycles. The van der Waals surface area contributed by atoms with Crippen molar-refractivity contribution in [3.8, 4) is 0 Å². The Kier molecular flexibility index (Phi) is 5.94. The molecular weight excluding hydrogens is 322 g/mol. The number of carbonyl (C=O) groups is 1. The molecule has 4 heteroatoms. The highest BCUT2D eigenvalue weighted by Crippen LogP contribution is 2.25. The van der Waals surface area contributed by atoms with Crippen molar-refractivity contribution in [2.75, 3.05) is 43.9 Å². The molecule has 1 N–H and O–H groups in total. The van der Waals surface area contributed by atoms with E-state index in [0.717, 1.165) is 30.3 Å². The van der Waals surface area contributed by atoms with Crippen molar-refractivity contribution in [1.82, 2.24) is 4.90 Å². The topological polar surface area (TPSA) is 35.6 Å². The van der Waals surface area contributed by atoms with Crippen LogP contribution in [0.25, 0.3) is 0 Å². The van der Waals surface area contributed by atoms with Crippen molar-refractivity contribution in [2.45, 2.75) is 19.8 Å². The van der Waals surface area contributed by atoms with Crippen LogP contribution >= 0.6 is 0 Å². The normalized spacial score (nSPS) is 15.3. The first-order valence-electron chi connectivity index (χ1n) is 9.39. The minimum absolute atomic E-state index is 0.0674. The standard InChI is InChI=1S/C22H29N3O/c1-17-4-6-19(7-5-17)22(26)23-20-8-10-21(11-9-20)25-14-12-18(13-15-25)16-24(2)3/h4-11,18H,12-16H2,1-3H3,(H,23,26). The number of hydrogen-bond acceptors (Lipinski definition) is 3. The maximum atomic E-state index is 12.3. The van der Waals surface area contributed by atoms with Gasteiger partial charge < -0.3 is 15.1 Å². The minimum atomic E-state index is -0.0674. The summed E-state index contributed by atoms with van der Waals surface area (Å²) in [6.07, 6.45) is 2.48. The zero-order valence-electron chi connectivity index (χ0n) is 16.0. The molecule has 0 atom stereocenters. The Morgan fingerprint density at radius 1 is 1.04 bits per heavy atom. The lowest BCUT2D eigenvalue weighted by Crippen LogP contribution is -2.37. The molecule has 0 radical (unpaired) electrons. The van der Waals surface area contributed by atoms with E-state index in [1.165, 1.54) is 25.1 Å².